The molecule has 7 nitrogen and oxygen atoms in total. The van der Waals surface area contributed by atoms with Crippen LogP contribution in [-0.4, -0.2) is 41.9 Å². The van der Waals surface area contributed by atoms with Gasteiger partial charge in [0.05, 0.1) is 17.3 Å². The summed E-state index contributed by atoms with van der Waals surface area (Å²) in [6.07, 6.45) is 1.55. The van der Waals surface area contributed by atoms with E-state index in [4.69, 9.17) is 0 Å². The molecule has 4 rings (SSSR count). The number of likely N-dealkylation sites (N-methyl/N-ethyl adjacent to an activating group) is 1. The van der Waals surface area contributed by atoms with Crippen LogP contribution >= 0.6 is 15.9 Å². The van der Waals surface area contributed by atoms with Gasteiger partial charge in [-0.1, -0.05) is 15.9 Å². The topological polar surface area (TPSA) is 81.8 Å². The quantitative estimate of drug-likeness (QED) is 0.740. The third-order valence-corrected chi connectivity index (χ3v) is 5.37. The van der Waals surface area contributed by atoms with Gasteiger partial charge in [0.2, 0.25) is 0 Å². The van der Waals surface area contributed by atoms with Crippen LogP contribution in [0.25, 0.3) is 0 Å². The fraction of sp³-hybridized carbons (Fsp3) is 0.150. The number of halogens is 2. The Balaban J connectivity index is 1.56. The van der Waals surface area contributed by atoms with Crippen molar-refractivity contribution in [3.63, 3.8) is 0 Å². The highest BCUT2D eigenvalue weighted by Gasteiger charge is 2.49. The molecular formula is C20H16BrFN4O3. The van der Waals surface area contributed by atoms with Gasteiger partial charge in [-0.15, -0.1) is 0 Å². The number of rotatable bonds is 3. The van der Waals surface area contributed by atoms with Crippen molar-refractivity contribution in [1.82, 2.24) is 10.2 Å². The van der Waals surface area contributed by atoms with Gasteiger partial charge in [0, 0.05) is 23.4 Å². The number of hydrogen-bond acceptors (Lipinski definition) is 4. The van der Waals surface area contributed by atoms with E-state index in [0.29, 0.717) is 5.69 Å². The lowest BCUT2D eigenvalue weighted by Crippen LogP contribution is -2.65. The largest absolute Gasteiger partial charge is 0.366 e. The number of anilines is 2. The summed E-state index contributed by atoms with van der Waals surface area (Å²) in [5.41, 5.74) is 1.13. The van der Waals surface area contributed by atoms with Gasteiger partial charge in [-0.3, -0.25) is 9.59 Å². The van der Waals surface area contributed by atoms with Crippen LogP contribution in [0.2, 0.25) is 0 Å². The average molecular weight is 459 g/mol. The number of nitrogens with zero attached hydrogens (tertiary/aromatic N) is 2. The molecule has 2 aromatic carbocycles. The second kappa shape index (κ2) is 7.32. The van der Waals surface area contributed by atoms with Crippen molar-refractivity contribution >= 4 is 45.2 Å². The minimum Gasteiger partial charge on any atom is -0.366 e. The van der Waals surface area contributed by atoms with Crippen molar-refractivity contribution in [2.24, 2.45) is 0 Å². The number of urea groups is 1. The number of nitrogens with one attached hydrogen (secondary N) is 2. The third kappa shape index (κ3) is 3.49. The molecule has 9 heteroatoms. The minimum atomic E-state index is -0.785. The Hall–Kier alpha value is -3.20. The summed E-state index contributed by atoms with van der Waals surface area (Å²) in [6, 6.07) is 9.90. The van der Waals surface area contributed by atoms with Crippen LogP contribution in [0.4, 0.5) is 20.6 Å². The smallest absolute Gasteiger partial charge is 0.329 e. The van der Waals surface area contributed by atoms with Gasteiger partial charge in [0.25, 0.3) is 11.8 Å². The molecule has 0 spiro atoms. The minimum absolute atomic E-state index is 0.258. The fourth-order valence-electron chi connectivity index (χ4n) is 3.46. The number of imide groups is 1. The molecular weight excluding hydrogens is 443 g/mol. The van der Waals surface area contributed by atoms with Gasteiger partial charge in [0.15, 0.2) is 0 Å². The lowest BCUT2D eigenvalue weighted by molar-refractivity contribution is -0.122. The van der Waals surface area contributed by atoms with E-state index in [9.17, 15) is 18.8 Å². The van der Waals surface area contributed by atoms with E-state index in [1.54, 1.807) is 42.4 Å². The second-order valence-electron chi connectivity index (χ2n) is 6.73. The number of benzene rings is 2. The third-order valence-electron chi connectivity index (χ3n) is 4.84. The van der Waals surface area contributed by atoms with Gasteiger partial charge < -0.3 is 15.5 Å². The number of carbonyl (C=O) groups excluding carboxylic acids is 3. The molecule has 29 heavy (non-hydrogen) atoms. The van der Waals surface area contributed by atoms with Crippen LogP contribution in [0.3, 0.4) is 0 Å². The van der Waals surface area contributed by atoms with E-state index in [1.807, 2.05) is 0 Å². The molecule has 0 radical (unpaired) electrons. The first-order chi connectivity index (χ1) is 13.8. The first-order valence-electron chi connectivity index (χ1n) is 8.76. The maximum Gasteiger partial charge on any atom is 0.329 e. The van der Waals surface area contributed by atoms with E-state index in [2.05, 4.69) is 26.6 Å². The lowest BCUT2D eigenvalue weighted by atomic mass is 9.99. The van der Waals surface area contributed by atoms with Gasteiger partial charge in [-0.2, -0.15) is 0 Å². The van der Waals surface area contributed by atoms with Crippen LogP contribution in [0, 0.1) is 5.82 Å². The molecule has 2 N–H and O–H groups in total. The van der Waals surface area contributed by atoms with E-state index in [0.717, 1.165) is 9.37 Å². The predicted octanol–water partition coefficient (Wildman–Crippen LogP) is 2.85. The molecule has 2 unspecified atom stereocenters. The van der Waals surface area contributed by atoms with Gasteiger partial charge in [-0.25, -0.2) is 14.1 Å². The molecule has 2 aliphatic rings. The monoisotopic (exact) mass is 458 g/mol. The van der Waals surface area contributed by atoms with Crippen molar-refractivity contribution in [3.8, 4) is 0 Å². The van der Waals surface area contributed by atoms with Crippen LogP contribution in [-0.2, 0) is 9.59 Å². The summed E-state index contributed by atoms with van der Waals surface area (Å²) >= 11 is 3.33. The highest BCUT2D eigenvalue weighted by atomic mass is 79.9. The van der Waals surface area contributed by atoms with Crippen molar-refractivity contribution < 1.29 is 18.8 Å². The average Bonchev–Trinajstić information content (AvgIpc) is 3.01. The molecule has 0 saturated carbocycles. The summed E-state index contributed by atoms with van der Waals surface area (Å²) in [5.74, 6) is -1.37. The Bertz CT molecular complexity index is 1020. The Morgan fingerprint density at radius 3 is 2.41 bits per heavy atom. The maximum atomic E-state index is 13.2. The molecule has 148 valence electrons. The van der Waals surface area contributed by atoms with Crippen LogP contribution in [0.5, 0.6) is 0 Å². The molecule has 2 aromatic rings. The first-order valence-corrected chi connectivity index (χ1v) is 9.55. The summed E-state index contributed by atoms with van der Waals surface area (Å²) in [7, 11) is 1.66. The normalized spacial score (nSPS) is 20.9. The Kier molecular flexibility index (Phi) is 4.83. The van der Waals surface area contributed by atoms with E-state index < -0.39 is 35.7 Å². The predicted molar refractivity (Wildman–Crippen MR) is 109 cm³/mol. The van der Waals surface area contributed by atoms with Crippen molar-refractivity contribution in [2.45, 2.75) is 12.1 Å². The summed E-state index contributed by atoms with van der Waals surface area (Å²) < 4.78 is 14.1. The highest BCUT2D eigenvalue weighted by Crippen LogP contribution is 2.30. The summed E-state index contributed by atoms with van der Waals surface area (Å²) in [6.45, 7) is 0. The number of hydrogen-bond donors (Lipinski definition) is 2. The molecule has 1 saturated heterocycles. The number of carbonyl (C=O) groups is 3. The summed E-state index contributed by atoms with van der Waals surface area (Å²) in [4.78, 5) is 41.0. The van der Waals surface area contributed by atoms with Crippen LogP contribution < -0.4 is 15.5 Å². The zero-order chi connectivity index (χ0) is 20.7. The molecule has 2 heterocycles. The fourth-order valence-corrected chi connectivity index (χ4v) is 3.72. The Morgan fingerprint density at radius 2 is 1.76 bits per heavy atom. The molecule has 0 aromatic heterocycles. The molecule has 2 atom stereocenters. The van der Waals surface area contributed by atoms with E-state index in [-0.39, 0.29) is 11.3 Å². The molecule has 2 aliphatic heterocycles. The zero-order valence-electron chi connectivity index (χ0n) is 15.2. The SMILES string of the molecule is CN1C=C(C(=O)Nc2ccc(Br)cc2)C2NC(=O)N(c3ccc(F)cc3)C(=O)C21. The Morgan fingerprint density at radius 1 is 1.10 bits per heavy atom. The van der Waals surface area contributed by atoms with Gasteiger partial charge in [0.1, 0.15) is 11.9 Å². The highest BCUT2D eigenvalue weighted by molar-refractivity contribution is 9.10. The van der Waals surface area contributed by atoms with Gasteiger partial charge >= 0.3 is 6.03 Å². The van der Waals surface area contributed by atoms with Crippen LogP contribution in [0.15, 0.2) is 64.8 Å². The second-order valence-corrected chi connectivity index (χ2v) is 7.65. The number of amides is 4. The van der Waals surface area contributed by atoms with Gasteiger partial charge in [-0.05, 0) is 48.5 Å². The Labute approximate surface area is 174 Å². The molecule has 0 aliphatic carbocycles. The maximum absolute atomic E-state index is 13.2. The number of fused-ring (bicyclic) bond motifs is 1. The van der Waals surface area contributed by atoms with Crippen molar-refractivity contribution in [3.05, 3.63) is 70.6 Å². The van der Waals surface area contributed by atoms with E-state index >= 15 is 0 Å². The standard InChI is InChI=1S/C20H16BrFN4O3/c1-25-10-15(18(27)23-13-6-2-11(21)3-7-13)16-17(25)19(28)26(20(29)24-16)14-8-4-12(22)5-9-14/h2-10,16-17H,1H3,(H,23,27)(H,24,29). The molecule has 1 fully saturated rings. The summed E-state index contributed by atoms with van der Waals surface area (Å²) in [5, 5.41) is 5.49. The first kappa shape index (κ1) is 19.1. The van der Waals surface area contributed by atoms with Crippen molar-refractivity contribution in [2.75, 3.05) is 17.3 Å². The van der Waals surface area contributed by atoms with Crippen LogP contribution in [0.1, 0.15) is 0 Å². The lowest BCUT2D eigenvalue weighted by Gasteiger charge is -2.37. The molecule has 4 amide bonds. The molecule has 0 bridgehead atoms. The van der Waals surface area contributed by atoms with Crippen molar-refractivity contribution in [1.29, 1.82) is 0 Å². The van der Waals surface area contributed by atoms with E-state index in [1.165, 1.54) is 24.3 Å². The zero-order valence-corrected chi connectivity index (χ0v) is 16.8.